The van der Waals surface area contributed by atoms with Crippen molar-refractivity contribution in [2.75, 3.05) is 11.9 Å². The molecule has 0 amide bonds. The zero-order valence-corrected chi connectivity index (χ0v) is 10.2. The second kappa shape index (κ2) is 5.08. The first kappa shape index (κ1) is 12.4. The van der Waals surface area contributed by atoms with E-state index < -0.39 is 5.82 Å². The fourth-order valence-corrected chi connectivity index (χ4v) is 1.57. The molecule has 0 aliphatic rings. The molecular formula is C13H13F2N3. The average Bonchev–Trinajstić information content (AvgIpc) is 2.36. The van der Waals surface area contributed by atoms with Gasteiger partial charge in [0.25, 0.3) is 0 Å². The lowest BCUT2D eigenvalue weighted by Crippen LogP contribution is -2.06. The van der Waals surface area contributed by atoms with Gasteiger partial charge in [-0.15, -0.1) is 0 Å². The van der Waals surface area contributed by atoms with Crippen LogP contribution in [0.3, 0.4) is 0 Å². The van der Waals surface area contributed by atoms with Crippen LogP contribution in [0.5, 0.6) is 0 Å². The van der Waals surface area contributed by atoms with Crippen LogP contribution in [-0.4, -0.2) is 16.5 Å². The maximum Gasteiger partial charge on any atom is 0.186 e. The fourth-order valence-electron chi connectivity index (χ4n) is 1.57. The van der Waals surface area contributed by atoms with Gasteiger partial charge in [0.1, 0.15) is 5.82 Å². The molecule has 0 radical (unpaired) electrons. The first-order valence-corrected chi connectivity index (χ1v) is 5.65. The quantitative estimate of drug-likeness (QED) is 0.908. The van der Waals surface area contributed by atoms with E-state index in [4.69, 9.17) is 0 Å². The van der Waals surface area contributed by atoms with E-state index in [9.17, 15) is 8.78 Å². The predicted molar refractivity (Wildman–Crippen MR) is 66.3 cm³/mol. The van der Waals surface area contributed by atoms with Crippen LogP contribution >= 0.6 is 0 Å². The largest absolute Gasteiger partial charge is 0.368 e. The van der Waals surface area contributed by atoms with E-state index in [1.54, 1.807) is 19.1 Å². The summed E-state index contributed by atoms with van der Waals surface area (Å²) in [6, 6.07) is 5.78. The van der Waals surface area contributed by atoms with Gasteiger partial charge in [0, 0.05) is 12.1 Å². The first-order chi connectivity index (χ1) is 8.61. The molecule has 18 heavy (non-hydrogen) atoms. The van der Waals surface area contributed by atoms with Gasteiger partial charge in [0.2, 0.25) is 0 Å². The summed E-state index contributed by atoms with van der Waals surface area (Å²) in [7, 11) is 0. The highest BCUT2D eigenvalue weighted by Crippen LogP contribution is 2.21. The average molecular weight is 249 g/mol. The molecule has 1 heterocycles. The van der Waals surface area contributed by atoms with Gasteiger partial charge in [-0.3, -0.25) is 0 Å². The minimum absolute atomic E-state index is 0.171. The number of hydrogen-bond donors (Lipinski definition) is 1. The second-order valence-corrected chi connectivity index (χ2v) is 3.83. The molecule has 0 fully saturated rings. The standard InChI is InChI=1S/C13H13F2N3/c1-3-16-13-11(15)8(2)17-12(18-13)9-4-6-10(14)7-5-9/h4-7H,3H2,1-2H3,(H,16,17,18). The number of anilines is 1. The molecule has 3 nitrogen and oxygen atoms in total. The predicted octanol–water partition coefficient (Wildman–Crippen LogP) is 3.16. The molecule has 0 unspecified atom stereocenters. The van der Waals surface area contributed by atoms with Crippen LogP contribution in [0, 0.1) is 18.6 Å². The second-order valence-electron chi connectivity index (χ2n) is 3.83. The molecule has 1 aromatic carbocycles. The Morgan fingerprint density at radius 1 is 1.11 bits per heavy atom. The molecule has 2 rings (SSSR count). The van der Waals surface area contributed by atoms with Gasteiger partial charge in [-0.1, -0.05) is 0 Å². The zero-order valence-electron chi connectivity index (χ0n) is 10.2. The van der Waals surface area contributed by atoms with Gasteiger partial charge >= 0.3 is 0 Å². The van der Waals surface area contributed by atoms with Crippen molar-refractivity contribution in [1.82, 2.24) is 9.97 Å². The molecule has 2 aromatic rings. The number of rotatable bonds is 3. The van der Waals surface area contributed by atoms with E-state index in [0.29, 0.717) is 17.9 Å². The minimum atomic E-state index is -0.456. The molecular weight excluding hydrogens is 236 g/mol. The van der Waals surface area contributed by atoms with E-state index in [1.165, 1.54) is 12.1 Å². The smallest absolute Gasteiger partial charge is 0.186 e. The van der Waals surface area contributed by atoms with E-state index in [1.807, 2.05) is 6.92 Å². The summed E-state index contributed by atoms with van der Waals surface area (Å²) in [6.07, 6.45) is 0. The summed E-state index contributed by atoms with van der Waals surface area (Å²) in [6.45, 7) is 4.00. The number of hydrogen-bond acceptors (Lipinski definition) is 3. The lowest BCUT2D eigenvalue weighted by atomic mass is 10.2. The molecule has 0 aliphatic carbocycles. The first-order valence-electron chi connectivity index (χ1n) is 5.65. The van der Waals surface area contributed by atoms with Crippen LogP contribution in [0.4, 0.5) is 14.6 Å². The highest BCUT2D eigenvalue weighted by Gasteiger charge is 2.11. The van der Waals surface area contributed by atoms with Gasteiger partial charge < -0.3 is 5.32 Å². The lowest BCUT2D eigenvalue weighted by Gasteiger charge is -2.08. The highest BCUT2D eigenvalue weighted by molar-refractivity contribution is 5.57. The summed E-state index contributed by atoms with van der Waals surface area (Å²) >= 11 is 0. The molecule has 1 N–H and O–H groups in total. The summed E-state index contributed by atoms with van der Waals surface area (Å²) in [5.41, 5.74) is 0.916. The minimum Gasteiger partial charge on any atom is -0.368 e. The normalized spacial score (nSPS) is 10.4. The van der Waals surface area contributed by atoms with Crippen molar-refractivity contribution in [1.29, 1.82) is 0 Å². The lowest BCUT2D eigenvalue weighted by molar-refractivity contribution is 0.606. The number of aromatic nitrogens is 2. The molecule has 0 aliphatic heterocycles. The van der Waals surface area contributed by atoms with Crippen molar-refractivity contribution < 1.29 is 8.78 Å². The van der Waals surface area contributed by atoms with Crippen molar-refractivity contribution in [3.8, 4) is 11.4 Å². The molecule has 1 aromatic heterocycles. The van der Waals surface area contributed by atoms with Crippen molar-refractivity contribution in [2.45, 2.75) is 13.8 Å². The number of aryl methyl sites for hydroxylation is 1. The Kier molecular flexibility index (Phi) is 3.50. The zero-order chi connectivity index (χ0) is 13.1. The fraction of sp³-hybridized carbons (Fsp3) is 0.231. The number of nitrogens with one attached hydrogen (secondary N) is 1. The monoisotopic (exact) mass is 249 g/mol. The van der Waals surface area contributed by atoms with E-state index >= 15 is 0 Å². The van der Waals surface area contributed by atoms with Crippen molar-refractivity contribution >= 4 is 5.82 Å². The molecule has 0 bridgehead atoms. The van der Waals surface area contributed by atoms with Gasteiger partial charge in [-0.05, 0) is 38.1 Å². The van der Waals surface area contributed by atoms with Crippen molar-refractivity contribution in [3.05, 3.63) is 41.6 Å². The van der Waals surface area contributed by atoms with Crippen LogP contribution in [0.1, 0.15) is 12.6 Å². The topological polar surface area (TPSA) is 37.8 Å². The molecule has 0 saturated heterocycles. The number of halogens is 2. The SMILES string of the molecule is CCNc1nc(-c2ccc(F)cc2)nc(C)c1F. The third-order valence-electron chi connectivity index (χ3n) is 2.46. The number of benzene rings is 1. The third-order valence-corrected chi connectivity index (χ3v) is 2.46. The van der Waals surface area contributed by atoms with E-state index in [0.717, 1.165) is 0 Å². The summed E-state index contributed by atoms with van der Waals surface area (Å²) in [5.74, 6) is -0.235. The van der Waals surface area contributed by atoms with E-state index in [2.05, 4.69) is 15.3 Å². The summed E-state index contributed by atoms with van der Waals surface area (Å²) in [4.78, 5) is 8.17. The van der Waals surface area contributed by atoms with Gasteiger partial charge in [-0.2, -0.15) is 0 Å². The maximum absolute atomic E-state index is 13.7. The third kappa shape index (κ3) is 2.45. The Hall–Kier alpha value is -2.04. The van der Waals surface area contributed by atoms with Crippen LogP contribution in [0.25, 0.3) is 11.4 Å². The maximum atomic E-state index is 13.7. The van der Waals surface area contributed by atoms with Crippen molar-refractivity contribution in [3.63, 3.8) is 0 Å². The summed E-state index contributed by atoms with van der Waals surface area (Å²) in [5, 5.41) is 2.84. The molecule has 5 heteroatoms. The highest BCUT2D eigenvalue weighted by atomic mass is 19.1. The molecule has 94 valence electrons. The van der Waals surface area contributed by atoms with Crippen LogP contribution < -0.4 is 5.32 Å². The van der Waals surface area contributed by atoms with Gasteiger partial charge in [0.05, 0.1) is 5.69 Å². The molecule has 0 spiro atoms. The van der Waals surface area contributed by atoms with Gasteiger partial charge in [0.15, 0.2) is 17.5 Å². The Labute approximate surface area is 104 Å². The Bertz CT molecular complexity index is 553. The van der Waals surface area contributed by atoms with Crippen molar-refractivity contribution in [2.24, 2.45) is 0 Å². The van der Waals surface area contributed by atoms with Gasteiger partial charge in [-0.25, -0.2) is 18.7 Å². The Balaban J connectivity index is 2.48. The number of nitrogens with zero attached hydrogens (tertiary/aromatic N) is 2. The summed E-state index contributed by atoms with van der Waals surface area (Å²) < 4.78 is 26.5. The van der Waals surface area contributed by atoms with Crippen LogP contribution in [0.2, 0.25) is 0 Å². The Morgan fingerprint density at radius 2 is 1.78 bits per heavy atom. The van der Waals surface area contributed by atoms with Crippen LogP contribution in [0.15, 0.2) is 24.3 Å². The Morgan fingerprint density at radius 3 is 2.39 bits per heavy atom. The molecule has 0 atom stereocenters. The van der Waals surface area contributed by atoms with Crippen LogP contribution in [-0.2, 0) is 0 Å². The molecule has 0 saturated carbocycles. The van der Waals surface area contributed by atoms with E-state index in [-0.39, 0.29) is 17.3 Å².